The van der Waals surface area contributed by atoms with Gasteiger partial charge < -0.3 is 5.73 Å². The Morgan fingerprint density at radius 1 is 1.33 bits per heavy atom. The zero-order valence-corrected chi connectivity index (χ0v) is 12.4. The normalized spacial score (nSPS) is 11.0. The number of nitrogens with two attached hydrogens (primary N) is 1. The van der Waals surface area contributed by atoms with Gasteiger partial charge in [0.25, 0.3) is 0 Å². The second-order valence-electron chi connectivity index (χ2n) is 4.38. The van der Waals surface area contributed by atoms with Gasteiger partial charge in [0.05, 0.1) is 17.6 Å². The number of rotatable bonds is 4. The van der Waals surface area contributed by atoms with Crippen LogP contribution < -0.4 is 10.5 Å². The minimum atomic E-state index is -3.55. The maximum absolute atomic E-state index is 12.1. The summed E-state index contributed by atoms with van der Waals surface area (Å²) in [4.78, 5) is 0.199. The number of hydrogen-bond donors (Lipinski definition) is 2. The third-order valence-electron chi connectivity index (χ3n) is 2.72. The Balaban J connectivity index is 2.08. The topological polar surface area (TPSA) is 90.0 Å². The molecule has 110 valence electrons. The van der Waals surface area contributed by atoms with E-state index in [-0.39, 0.29) is 18.0 Å². The maximum Gasteiger partial charge on any atom is 0.240 e. The molecule has 0 fully saturated rings. The Morgan fingerprint density at radius 2 is 2.05 bits per heavy atom. The molecule has 3 N–H and O–H groups in total. The lowest BCUT2D eigenvalue weighted by Gasteiger charge is -2.05. The summed E-state index contributed by atoms with van der Waals surface area (Å²) in [5, 5.41) is 3.99. The van der Waals surface area contributed by atoms with Gasteiger partial charge in [-0.25, -0.2) is 13.1 Å². The van der Waals surface area contributed by atoms with Gasteiger partial charge in [0.15, 0.2) is 0 Å². The number of aromatic nitrogens is 2. The molecule has 0 aliphatic carbocycles. The molecule has 0 saturated carbocycles. The Bertz CT molecular complexity index is 767. The summed E-state index contributed by atoms with van der Waals surface area (Å²) in [6.45, 7) is 0.470. The fraction of sp³-hybridized carbons (Fsp3) is 0.214. The van der Waals surface area contributed by atoms with Crippen LogP contribution in [0.3, 0.4) is 0 Å². The zero-order valence-electron chi connectivity index (χ0n) is 11.6. The first kappa shape index (κ1) is 15.3. The molecule has 0 amide bonds. The molecule has 1 aromatic carbocycles. The van der Waals surface area contributed by atoms with Crippen molar-refractivity contribution in [3.63, 3.8) is 0 Å². The van der Waals surface area contributed by atoms with Gasteiger partial charge in [0.2, 0.25) is 10.0 Å². The lowest BCUT2D eigenvalue weighted by molar-refractivity contribution is 0.581. The predicted molar refractivity (Wildman–Crippen MR) is 79.6 cm³/mol. The second-order valence-corrected chi connectivity index (χ2v) is 6.14. The van der Waals surface area contributed by atoms with Gasteiger partial charge in [0, 0.05) is 30.9 Å². The summed E-state index contributed by atoms with van der Waals surface area (Å²) in [5.41, 5.74) is 6.81. The van der Waals surface area contributed by atoms with E-state index in [1.54, 1.807) is 36.3 Å². The third kappa shape index (κ3) is 4.16. The van der Waals surface area contributed by atoms with E-state index in [1.165, 1.54) is 12.1 Å². The van der Waals surface area contributed by atoms with Crippen LogP contribution in [0, 0.1) is 11.8 Å². The van der Waals surface area contributed by atoms with E-state index in [2.05, 4.69) is 21.7 Å². The summed E-state index contributed by atoms with van der Waals surface area (Å²) in [6.07, 6.45) is 3.38. The molecule has 0 bridgehead atoms. The monoisotopic (exact) mass is 304 g/mol. The first-order chi connectivity index (χ1) is 10.0. The van der Waals surface area contributed by atoms with Crippen molar-refractivity contribution in [1.29, 1.82) is 0 Å². The number of nitrogens with zero attached hydrogens (tertiary/aromatic N) is 2. The molecule has 0 spiro atoms. The minimum absolute atomic E-state index is 0.199. The molecule has 7 heteroatoms. The van der Waals surface area contributed by atoms with Gasteiger partial charge in [0.1, 0.15) is 0 Å². The quantitative estimate of drug-likeness (QED) is 0.790. The zero-order chi connectivity index (χ0) is 15.3. The molecular weight excluding hydrogens is 288 g/mol. The minimum Gasteiger partial charge on any atom is -0.320 e. The molecule has 2 aromatic rings. The lowest BCUT2D eigenvalue weighted by atomic mass is 10.2. The van der Waals surface area contributed by atoms with E-state index in [1.807, 2.05) is 0 Å². The van der Waals surface area contributed by atoms with Crippen molar-refractivity contribution in [3.05, 3.63) is 47.8 Å². The maximum atomic E-state index is 12.1. The summed E-state index contributed by atoms with van der Waals surface area (Å²) < 4.78 is 28.4. The van der Waals surface area contributed by atoms with E-state index >= 15 is 0 Å². The van der Waals surface area contributed by atoms with Crippen LogP contribution in [0.4, 0.5) is 0 Å². The summed E-state index contributed by atoms with van der Waals surface area (Å²) in [5.74, 6) is 5.56. The smallest absolute Gasteiger partial charge is 0.240 e. The lowest BCUT2D eigenvalue weighted by Crippen LogP contribution is -2.23. The molecule has 21 heavy (non-hydrogen) atoms. The van der Waals surface area contributed by atoms with Crippen molar-refractivity contribution in [3.8, 4) is 11.8 Å². The highest BCUT2D eigenvalue weighted by atomic mass is 32.2. The van der Waals surface area contributed by atoms with Crippen LogP contribution in [0.2, 0.25) is 0 Å². The molecule has 0 atom stereocenters. The number of aryl methyl sites for hydroxylation is 1. The van der Waals surface area contributed by atoms with Crippen molar-refractivity contribution in [2.24, 2.45) is 12.8 Å². The molecule has 6 nitrogen and oxygen atoms in total. The van der Waals surface area contributed by atoms with Crippen LogP contribution >= 0.6 is 0 Å². The highest BCUT2D eigenvalue weighted by molar-refractivity contribution is 7.89. The fourth-order valence-electron chi connectivity index (χ4n) is 1.70. The van der Waals surface area contributed by atoms with E-state index in [4.69, 9.17) is 5.73 Å². The Morgan fingerprint density at radius 3 is 2.62 bits per heavy atom. The van der Waals surface area contributed by atoms with Crippen molar-refractivity contribution < 1.29 is 8.42 Å². The second kappa shape index (κ2) is 6.54. The molecular formula is C14H16N4O2S. The fourth-order valence-corrected chi connectivity index (χ4v) is 2.71. The van der Waals surface area contributed by atoms with E-state index in [0.717, 1.165) is 11.1 Å². The Hall–Kier alpha value is -2.14. The molecule has 0 unspecified atom stereocenters. The standard InChI is InChI=1S/C14H16N4O2S/c1-18-11-13(9-16-18)10-17-21(19,20)14-6-4-12(5-7-14)3-2-8-15/h4-7,9,11,17H,8,10,15H2,1H3. The molecule has 1 aromatic heterocycles. The molecule has 1 heterocycles. The van der Waals surface area contributed by atoms with Gasteiger partial charge >= 0.3 is 0 Å². The Kier molecular flexibility index (Phi) is 4.75. The van der Waals surface area contributed by atoms with Gasteiger partial charge in [-0.3, -0.25) is 4.68 Å². The van der Waals surface area contributed by atoms with Crippen LogP contribution in [0.1, 0.15) is 11.1 Å². The van der Waals surface area contributed by atoms with Gasteiger partial charge in [-0.05, 0) is 24.3 Å². The summed E-state index contributed by atoms with van der Waals surface area (Å²) >= 11 is 0. The first-order valence-corrected chi connectivity index (χ1v) is 7.76. The van der Waals surface area contributed by atoms with Crippen LogP contribution in [-0.2, 0) is 23.6 Å². The van der Waals surface area contributed by atoms with E-state index in [0.29, 0.717) is 0 Å². The largest absolute Gasteiger partial charge is 0.320 e. The highest BCUT2D eigenvalue weighted by Crippen LogP contribution is 2.10. The van der Waals surface area contributed by atoms with E-state index < -0.39 is 10.0 Å². The highest BCUT2D eigenvalue weighted by Gasteiger charge is 2.13. The van der Waals surface area contributed by atoms with Crippen molar-refractivity contribution in [1.82, 2.24) is 14.5 Å². The number of sulfonamides is 1. The number of benzene rings is 1. The van der Waals surface area contributed by atoms with Gasteiger partial charge in [-0.1, -0.05) is 11.8 Å². The average Bonchev–Trinajstić information content (AvgIpc) is 2.89. The van der Waals surface area contributed by atoms with Crippen molar-refractivity contribution in [2.75, 3.05) is 6.54 Å². The summed E-state index contributed by atoms with van der Waals surface area (Å²) in [6, 6.07) is 6.35. The summed E-state index contributed by atoms with van der Waals surface area (Å²) in [7, 11) is -1.77. The van der Waals surface area contributed by atoms with Crippen LogP contribution in [0.5, 0.6) is 0 Å². The third-order valence-corrected chi connectivity index (χ3v) is 4.14. The molecule has 0 radical (unpaired) electrons. The molecule has 0 aliphatic rings. The van der Waals surface area contributed by atoms with Gasteiger partial charge in [-0.2, -0.15) is 5.10 Å². The van der Waals surface area contributed by atoms with Crippen molar-refractivity contribution in [2.45, 2.75) is 11.4 Å². The number of hydrogen-bond acceptors (Lipinski definition) is 4. The van der Waals surface area contributed by atoms with Crippen LogP contribution in [-0.4, -0.2) is 24.7 Å². The first-order valence-electron chi connectivity index (χ1n) is 6.27. The Labute approximate surface area is 124 Å². The van der Waals surface area contributed by atoms with E-state index in [9.17, 15) is 8.42 Å². The predicted octanol–water partition coefficient (Wildman–Crippen LogP) is 0.209. The molecule has 0 aliphatic heterocycles. The van der Waals surface area contributed by atoms with Crippen LogP contribution in [0.25, 0.3) is 0 Å². The average molecular weight is 304 g/mol. The molecule has 2 rings (SSSR count). The van der Waals surface area contributed by atoms with Gasteiger partial charge in [-0.15, -0.1) is 0 Å². The van der Waals surface area contributed by atoms with Crippen molar-refractivity contribution >= 4 is 10.0 Å². The molecule has 0 saturated heterocycles. The van der Waals surface area contributed by atoms with Crippen LogP contribution in [0.15, 0.2) is 41.6 Å². The number of nitrogens with one attached hydrogen (secondary N) is 1. The SMILES string of the molecule is Cn1cc(CNS(=O)(=O)c2ccc(C#CCN)cc2)cn1.